The van der Waals surface area contributed by atoms with Crippen LogP contribution in [0, 0.1) is 0 Å². The maximum Gasteiger partial charge on any atom is 0.325 e. The molecule has 0 aliphatic carbocycles. The fourth-order valence-electron chi connectivity index (χ4n) is 1.54. The predicted octanol–water partition coefficient (Wildman–Crippen LogP) is 1.39. The average Bonchev–Trinajstić information content (AvgIpc) is 2.28. The van der Waals surface area contributed by atoms with Crippen molar-refractivity contribution in [1.82, 2.24) is 4.90 Å². The van der Waals surface area contributed by atoms with E-state index in [1.807, 2.05) is 0 Å². The van der Waals surface area contributed by atoms with Crippen LogP contribution in [0.4, 0.5) is 0 Å². The molecule has 1 unspecified atom stereocenters. The molecule has 16 heavy (non-hydrogen) atoms. The number of hydrogen-bond acceptors (Lipinski definition) is 4. The molecular weight excluding hydrogens is 204 g/mol. The van der Waals surface area contributed by atoms with E-state index in [0.29, 0.717) is 6.42 Å². The molecule has 0 aromatic carbocycles. The lowest BCUT2D eigenvalue weighted by Crippen LogP contribution is -2.48. The molecule has 0 aliphatic heterocycles. The third-order valence-corrected chi connectivity index (χ3v) is 2.87. The summed E-state index contributed by atoms with van der Waals surface area (Å²) < 4.78 is 4.68. The summed E-state index contributed by atoms with van der Waals surface area (Å²) in [5.41, 5.74) is 5.03. The molecule has 0 fully saturated rings. The van der Waals surface area contributed by atoms with Crippen LogP contribution in [0.2, 0.25) is 0 Å². The summed E-state index contributed by atoms with van der Waals surface area (Å²) in [6, 6.07) is 0. The largest absolute Gasteiger partial charge is 0.468 e. The fourth-order valence-corrected chi connectivity index (χ4v) is 1.54. The molecule has 0 bridgehead atoms. The summed E-state index contributed by atoms with van der Waals surface area (Å²) in [6.45, 7) is 8.95. The Morgan fingerprint density at radius 3 is 2.44 bits per heavy atom. The summed E-state index contributed by atoms with van der Waals surface area (Å²) in [6.07, 6.45) is 3.01. The average molecular weight is 230 g/mol. The van der Waals surface area contributed by atoms with Gasteiger partial charge in [-0.25, -0.2) is 0 Å². The van der Waals surface area contributed by atoms with Gasteiger partial charge in [0.15, 0.2) is 0 Å². The summed E-state index contributed by atoms with van der Waals surface area (Å²) in [7, 11) is 1.38. The summed E-state index contributed by atoms with van der Waals surface area (Å²) >= 11 is 0. The highest BCUT2D eigenvalue weighted by atomic mass is 16.5. The Kier molecular flexibility index (Phi) is 7.34. The van der Waals surface area contributed by atoms with E-state index in [0.717, 1.165) is 19.6 Å². The lowest BCUT2D eigenvalue weighted by atomic mass is 9.99. The van der Waals surface area contributed by atoms with E-state index in [1.165, 1.54) is 20.0 Å². The van der Waals surface area contributed by atoms with Crippen LogP contribution in [0.25, 0.3) is 0 Å². The van der Waals surface area contributed by atoms with Gasteiger partial charge >= 0.3 is 5.97 Å². The number of unbranched alkanes of at least 4 members (excludes halogenated alkanes) is 1. The quantitative estimate of drug-likeness (QED) is 0.640. The molecule has 0 saturated heterocycles. The lowest BCUT2D eigenvalue weighted by molar-refractivity contribution is -0.146. The van der Waals surface area contributed by atoms with Gasteiger partial charge in [-0.15, -0.1) is 0 Å². The molecule has 0 radical (unpaired) electrons. The molecule has 0 aromatic heterocycles. The van der Waals surface area contributed by atoms with Crippen molar-refractivity contribution in [3.8, 4) is 0 Å². The third kappa shape index (κ3) is 5.47. The molecule has 4 nitrogen and oxygen atoms in total. The monoisotopic (exact) mass is 230 g/mol. The number of nitrogens with two attached hydrogens (primary N) is 1. The molecule has 0 aromatic rings. The maximum atomic E-state index is 11.4. The highest BCUT2D eigenvalue weighted by molar-refractivity contribution is 5.79. The second-order valence-electron chi connectivity index (χ2n) is 4.45. The smallest absolute Gasteiger partial charge is 0.325 e. The molecule has 0 aliphatic rings. The van der Waals surface area contributed by atoms with Crippen LogP contribution in [0.15, 0.2) is 0 Å². The summed E-state index contributed by atoms with van der Waals surface area (Å²) in [5, 5.41) is 0. The van der Waals surface area contributed by atoms with Crippen molar-refractivity contribution in [3.05, 3.63) is 0 Å². The number of rotatable bonds is 8. The van der Waals surface area contributed by atoms with Gasteiger partial charge in [0.1, 0.15) is 5.54 Å². The summed E-state index contributed by atoms with van der Waals surface area (Å²) in [4.78, 5) is 13.7. The Bertz CT molecular complexity index is 205. The van der Waals surface area contributed by atoms with Gasteiger partial charge in [0.05, 0.1) is 7.11 Å². The van der Waals surface area contributed by atoms with Crippen LogP contribution in [0.1, 0.15) is 40.0 Å². The Morgan fingerprint density at radius 2 is 2.00 bits per heavy atom. The number of methoxy groups -OCH3 is 1. The predicted molar refractivity (Wildman–Crippen MR) is 66.2 cm³/mol. The second kappa shape index (κ2) is 7.63. The Labute approximate surface area is 99.1 Å². The Morgan fingerprint density at radius 1 is 1.38 bits per heavy atom. The highest BCUT2D eigenvalue weighted by Gasteiger charge is 2.29. The van der Waals surface area contributed by atoms with Gasteiger partial charge in [0, 0.05) is 6.54 Å². The Hall–Kier alpha value is -0.610. The van der Waals surface area contributed by atoms with Crippen molar-refractivity contribution >= 4 is 5.97 Å². The van der Waals surface area contributed by atoms with Crippen molar-refractivity contribution < 1.29 is 9.53 Å². The van der Waals surface area contributed by atoms with Gasteiger partial charge in [-0.1, -0.05) is 20.3 Å². The number of nitrogens with zero attached hydrogens (tertiary/aromatic N) is 1. The van der Waals surface area contributed by atoms with Gasteiger partial charge < -0.3 is 15.4 Å². The molecule has 4 heteroatoms. The molecule has 2 N–H and O–H groups in total. The van der Waals surface area contributed by atoms with Gasteiger partial charge in [0.2, 0.25) is 0 Å². The zero-order valence-electron chi connectivity index (χ0n) is 11.1. The number of carbonyl (C=O) groups is 1. The van der Waals surface area contributed by atoms with Crippen LogP contribution in [0.5, 0.6) is 0 Å². The molecule has 0 spiro atoms. The first kappa shape index (κ1) is 15.4. The van der Waals surface area contributed by atoms with E-state index >= 15 is 0 Å². The normalized spacial score (nSPS) is 14.9. The van der Waals surface area contributed by atoms with Gasteiger partial charge in [-0.2, -0.15) is 0 Å². The zero-order valence-corrected chi connectivity index (χ0v) is 11.1. The molecule has 96 valence electrons. The SMILES string of the molecule is CCCCN(CC)CCC(C)(N)C(=O)OC. The van der Waals surface area contributed by atoms with Crippen LogP contribution in [-0.4, -0.2) is 43.2 Å². The first-order valence-corrected chi connectivity index (χ1v) is 6.07. The summed E-state index contributed by atoms with van der Waals surface area (Å²) in [5.74, 6) is -0.334. The highest BCUT2D eigenvalue weighted by Crippen LogP contribution is 2.09. The first-order valence-electron chi connectivity index (χ1n) is 6.07. The fraction of sp³-hybridized carbons (Fsp3) is 0.917. The molecule has 0 saturated carbocycles. The lowest BCUT2D eigenvalue weighted by Gasteiger charge is -2.26. The zero-order chi connectivity index (χ0) is 12.6. The topological polar surface area (TPSA) is 55.6 Å². The van der Waals surface area contributed by atoms with E-state index in [-0.39, 0.29) is 5.97 Å². The standard InChI is InChI=1S/C12H26N2O2/c1-5-7-9-14(6-2)10-8-12(3,13)11(15)16-4/h5-10,13H2,1-4H3. The van der Waals surface area contributed by atoms with E-state index in [4.69, 9.17) is 5.73 Å². The van der Waals surface area contributed by atoms with Crippen LogP contribution >= 0.6 is 0 Å². The van der Waals surface area contributed by atoms with Crippen LogP contribution in [0.3, 0.4) is 0 Å². The number of carbonyl (C=O) groups excluding carboxylic acids is 1. The first-order chi connectivity index (χ1) is 7.47. The number of esters is 1. The third-order valence-electron chi connectivity index (χ3n) is 2.87. The van der Waals surface area contributed by atoms with Crippen LogP contribution < -0.4 is 5.73 Å². The van der Waals surface area contributed by atoms with Crippen molar-refractivity contribution in [2.24, 2.45) is 5.73 Å². The van der Waals surface area contributed by atoms with Gasteiger partial charge in [-0.3, -0.25) is 4.79 Å². The van der Waals surface area contributed by atoms with Crippen molar-refractivity contribution in [2.75, 3.05) is 26.7 Å². The van der Waals surface area contributed by atoms with Crippen molar-refractivity contribution in [1.29, 1.82) is 0 Å². The van der Waals surface area contributed by atoms with Gasteiger partial charge in [0.25, 0.3) is 0 Å². The van der Waals surface area contributed by atoms with E-state index < -0.39 is 5.54 Å². The van der Waals surface area contributed by atoms with Gasteiger partial charge in [-0.05, 0) is 32.9 Å². The molecule has 1 atom stereocenters. The van der Waals surface area contributed by atoms with Crippen molar-refractivity contribution in [3.63, 3.8) is 0 Å². The minimum Gasteiger partial charge on any atom is -0.468 e. The van der Waals surface area contributed by atoms with E-state index in [1.54, 1.807) is 6.92 Å². The Balaban J connectivity index is 4.04. The molecule has 0 amide bonds. The van der Waals surface area contributed by atoms with E-state index in [9.17, 15) is 4.79 Å². The number of hydrogen-bond donors (Lipinski definition) is 1. The second-order valence-corrected chi connectivity index (χ2v) is 4.45. The molecular formula is C12H26N2O2. The maximum absolute atomic E-state index is 11.4. The van der Waals surface area contributed by atoms with E-state index in [2.05, 4.69) is 23.5 Å². The van der Waals surface area contributed by atoms with Crippen molar-refractivity contribution in [2.45, 2.75) is 45.6 Å². The minimum atomic E-state index is -0.867. The molecule has 0 heterocycles. The van der Waals surface area contributed by atoms with Crippen LogP contribution in [-0.2, 0) is 9.53 Å². The minimum absolute atomic E-state index is 0.334. The molecule has 0 rings (SSSR count). The number of ether oxygens (including phenoxy) is 1.